The van der Waals surface area contributed by atoms with E-state index < -0.39 is 10.0 Å². The minimum Gasteiger partial charge on any atom is -0.435 e. The van der Waals surface area contributed by atoms with E-state index in [-0.39, 0.29) is 10.8 Å². The SMILES string of the molecule is CCCCCNS(=O)(=O)c1nc(-c2ccccc2)oc1-c1ccccc1. The Balaban J connectivity index is 2.01. The molecule has 0 amide bonds. The monoisotopic (exact) mass is 370 g/mol. The summed E-state index contributed by atoms with van der Waals surface area (Å²) < 4.78 is 34.1. The quantitative estimate of drug-likeness (QED) is 0.594. The van der Waals surface area contributed by atoms with Gasteiger partial charge in [-0.25, -0.2) is 13.1 Å². The van der Waals surface area contributed by atoms with Gasteiger partial charge in [0.15, 0.2) is 5.76 Å². The molecule has 0 aliphatic rings. The third-order valence-corrected chi connectivity index (χ3v) is 5.35. The normalized spacial score (nSPS) is 11.6. The minimum atomic E-state index is -3.76. The first-order valence-electron chi connectivity index (χ1n) is 8.73. The van der Waals surface area contributed by atoms with E-state index in [1.54, 1.807) is 0 Å². The maximum atomic E-state index is 12.8. The van der Waals surface area contributed by atoms with Crippen molar-refractivity contribution in [3.63, 3.8) is 0 Å². The smallest absolute Gasteiger partial charge is 0.262 e. The number of sulfonamides is 1. The van der Waals surface area contributed by atoms with Crippen LogP contribution >= 0.6 is 0 Å². The number of hydrogen-bond acceptors (Lipinski definition) is 4. The summed E-state index contributed by atoms with van der Waals surface area (Å²) in [5.41, 5.74) is 1.41. The van der Waals surface area contributed by atoms with E-state index in [1.807, 2.05) is 60.7 Å². The standard InChI is InChI=1S/C20H22N2O3S/c1-2-3-10-15-21-26(23,24)20-18(16-11-6-4-7-12-16)25-19(22-20)17-13-8-5-9-14-17/h4-9,11-14,21H,2-3,10,15H2,1H3. The third-order valence-electron chi connectivity index (χ3n) is 3.98. The molecule has 5 nitrogen and oxygen atoms in total. The Kier molecular flexibility index (Phi) is 5.85. The van der Waals surface area contributed by atoms with Gasteiger partial charge in [-0.05, 0) is 18.6 Å². The van der Waals surface area contributed by atoms with Crippen LogP contribution in [0.25, 0.3) is 22.8 Å². The maximum Gasteiger partial charge on any atom is 0.262 e. The summed E-state index contributed by atoms with van der Waals surface area (Å²) >= 11 is 0. The molecular formula is C20H22N2O3S. The highest BCUT2D eigenvalue weighted by Crippen LogP contribution is 2.32. The molecule has 0 saturated carbocycles. The van der Waals surface area contributed by atoms with Crippen molar-refractivity contribution in [1.29, 1.82) is 0 Å². The molecule has 0 spiro atoms. The Morgan fingerprint density at radius 3 is 2.15 bits per heavy atom. The highest BCUT2D eigenvalue weighted by molar-refractivity contribution is 7.89. The molecule has 26 heavy (non-hydrogen) atoms. The third kappa shape index (κ3) is 4.20. The van der Waals surface area contributed by atoms with Crippen LogP contribution < -0.4 is 4.72 Å². The summed E-state index contributed by atoms with van der Waals surface area (Å²) in [4.78, 5) is 4.31. The molecule has 0 unspecified atom stereocenters. The van der Waals surface area contributed by atoms with E-state index in [9.17, 15) is 8.42 Å². The summed E-state index contributed by atoms with van der Waals surface area (Å²) in [6.07, 6.45) is 2.79. The number of hydrogen-bond donors (Lipinski definition) is 1. The summed E-state index contributed by atoms with van der Waals surface area (Å²) in [5.74, 6) is 0.547. The van der Waals surface area contributed by atoms with Crippen LogP contribution in [0.2, 0.25) is 0 Å². The highest BCUT2D eigenvalue weighted by Gasteiger charge is 2.27. The largest absolute Gasteiger partial charge is 0.435 e. The summed E-state index contributed by atoms with van der Waals surface area (Å²) in [7, 11) is -3.76. The lowest BCUT2D eigenvalue weighted by molar-refractivity contribution is 0.568. The number of benzene rings is 2. The van der Waals surface area contributed by atoms with Crippen molar-refractivity contribution in [3.05, 3.63) is 60.7 Å². The number of rotatable bonds is 8. The number of aromatic nitrogens is 1. The molecule has 6 heteroatoms. The van der Waals surface area contributed by atoms with Crippen molar-refractivity contribution in [2.45, 2.75) is 31.2 Å². The molecule has 3 rings (SSSR count). The van der Waals surface area contributed by atoms with Crippen LogP contribution in [0.15, 0.2) is 70.1 Å². The van der Waals surface area contributed by atoms with Crippen molar-refractivity contribution in [2.75, 3.05) is 6.54 Å². The lowest BCUT2D eigenvalue weighted by atomic mass is 10.2. The van der Waals surface area contributed by atoms with Gasteiger partial charge in [-0.3, -0.25) is 0 Å². The second kappa shape index (κ2) is 8.29. The molecule has 0 fully saturated rings. The molecule has 3 aromatic rings. The zero-order valence-electron chi connectivity index (χ0n) is 14.7. The molecule has 2 aromatic carbocycles. The number of nitrogens with one attached hydrogen (secondary N) is 1. The first kappa shape index (κ1) is 18.4. The predicted octanol–water partition coefficient (Wildman–Crippen LogP) is 4.48. The molecule has 0 saturated heterocycles. The highest BCUT2D eigenvalue weighted by atomic mass is 32.2. The summed E-state index contributed by atoms with van der Waals surface area (Å²) in [6, 6.07) is 18.5. The van der Waals surface area contributed by atoms with E-state index in [2.05, 4.69) is 16.6 Å². The Morgan fingerprint density at radius 1 is 0.923 bits per heavy atom. The van der Waals surface area contributed by atoms with Crippen LogP contribution in [0, 0.1) is 0 Å². The lowest BCUT2D eigenvalue weighted by Crippen LogP contribution is -2.25. The van der Waals surface area contributed by atoms with Gasteiger partial charge in [0.05, 0.1) is 0 Å². The zero-order chi connectivity index (χ0) is 18.4. The van der Waals surface area contributed by atoms with E-state index in [4.69, 9.17) is 4.42 Å². The fourth-order valence-electron chi connectivity index (χ4n) is 2.61. The Hall–Kier alpha value is -2.44. The Labute approximate surface area is 154 Å². The van der Waals surface area contributed by atoms with Gasteiger partial charge in [0.25, 0.3) is 10.0 Å². The lowest BCUT2D eigenvalue weighted by Gasteiger charge is -2.05. The molecule has 0 bridgehead atoms. The number of nitrogens with zero attached hydrogens (tertiary/aromatic N) is 1. The van der Waals surface area contributed by atoms with Gasteiger partial charge < -0.3 is 4.42 Å². The predicted molar refractivity (Wildman–Crippen MR) is 102 cm³/mol. The maximum absolute atomic E-state index is 12.8. The average molecular weight is 370 g/mol. The van der Waals surface area contributed by atoms with Crippen LogP contribution in [0.4, 0.5) is 0 Å². The van der Waals surface area contributed by atoms with Crippen LogP contribution in [0.1, 0.15) is 26.2 Å². The molecule has 0 aliphatic carbocycles. The van der Waals surface area contributed by atoms with E-state index in [0.717, 1.165) is 24.8 Å². The number of unbranched alkanes of at least 4 members (excludes halogenated alkanes) is 2. The number of oxazole rings is 1. The van der Waals surface area contributed by atoms with Crippen molar-refractivity contribution in [3.8, 4) is 22.8 Å². The molecule has 1 aromatic heterocycles. The minimum absolute atomic E-state index is 0.0703. The van der Waals surface area contributed by atoms with Crippen molar-refractivity contribution in [1.82, 2.24) is 9.71 Å². The topological polar surface area (TPSA) is 72.2 Å². The average Bonchev–Trinajstić information content (AvgIpc) is 3.13. The Morgan fingerprint density at radius 2 is 1.54 bits per heavy atom. The van der Waals surface area contributed by atoms with E-state index in [1.165, 1.54) is 0 Å². The van der Waals surface area contributed by atoms with Crippen LogP contribution in [-0.4, -0.2) is 19.9 Å². The second-order valence-electron chi connectivity index (χ2n) is 5.99. The van der Waals surface area contributed by atoms with Gasteiger partial charge in [-0.2, -0.15) is 4.98 Å². The van der Waals surface area contributed by atoms with Gasteiger partial charge in [-0.1, -0.05) is 68.3 Å². The van der Waals surface area contributed by atoms with Gasteiger partial charge in [0, 0.05) is 17.7 Å². The fourth-order valence-corrected chi connectivity index (χ4v) is 3.77. The molecule has 1 N–H and O–H groups in total. The first-order valence-corrected chi connectivity index (χ1v) is 10.2. The first-order chi connectivity index (χ1) is 12.6. The molecule has 0 atom stereocenters. The molecule has 136 valence electrons. The molecule has 1 heterocycles. The van der Waals surface area contributed by atoms with Gasteiger partial charge >= 0.3 is 0 Å². The van der Waals surface area contributed by atoms with Crippen molar-refractivity contribution < 1.29 is 12.8 Å². The molecular weight excluding hydrogens is 348 g/mol. The summed E-state index contributed by atoms with van der Waals surface area (Å²) in [5, 5.41) is -0.0703. The van der Waals surface area contributed by atoms with E-state index in [0.29, 0.717) is 18.0 Å². The Bertz CT molecular complexity index is 936. The fraction of sp³-hybridized carbons (Fsp3) is 0.250. The van der Waals surface area contributed by atoms with Crippen LogP contribution in [0.5, 0.6) is 0 Å². The molecule has 0 radical (unpaired) electrons. The van der Waals surface area contributed by atoms with Gasteiger partial charge in [0.2, 0.25) is 10.9 Å². The van der Waals surface area contributed by atoms with Crippen LogP contribution in [-0.2, 0) is 10.0 Å². The summed E-state index contributed by atoms with van der Waals surface area (Å²) in [6.45, 7) is 2.46. The van der Waals surface area contributed by atoms with Crippen molar-refractivity contribution >= 4 is 10.0 Å². The van der Waals surface area contributed by atoms with Gasteiger partial charge in [0.1, 0.15) is 0 Å². The van der Waals surface area contributed by atoms with Gasteiger partial charge in [-0.15, -0.1) is 0 Å². The van der Waals surface area contributed by atoms with Crippen molar-refractivity contribution in [2.24, 2.45) is 0 Å². The zero-order valence-corrected chi connectivity index (χ0v) is 15.5. The molecule has 0 aliphatic heterocycles. The van der Waals surface area contributed by atoms with Crippen LogP contribution in [0.3, 0.4) is 0 Å². The van der Waals surface area contributed by atoms with E-state index >= 15 is 0 Å². The second-order valence-corrected chi connectivity index (χ2v) is 7.67.